The number of halogens is 1. The lowest BCUT2D eigenvalue weighted by atomic mass is 9.91. The van der Waals surface area contributed by atoms with Crippen LogP contribution in [0.5, 0.6) is 5.75 Å². The average molecular weight is 242 g/mol. The van der Waals surface area contributed by atoms with Crippen molar-refractivity contribution in [3.63, 3.8) is 0 Å². The van der Waals surface area contributed by atoms with Crippen LogP contribution in [-0.2, 0) is 11.2 Å². The van der Waals surface area contributed by atoms with Gasteiger partial charge in [-0.25, -0.2) is 9.18 Å². The molecule has 0 saturated carbocycles. The van der Waals surface area contributed by atoms with Crippen molar-refractivity contribution in [2.24, 2.45) is 0 Å². The van der Waals surface area contributed by atoms with E-state index in [1.165, 1.54) is 7.11 Å². The topological polar surface area (TPSA) is 66.8 Å². The third-order valence-electron chi connectivity index (χ3n) is 2.50. The lowest BCUT2D eigenvalue weighted by molar-refractivity contribution is -0.152. The minimum Gasteiger partial charge on any atom is -0.496 e. The van der Waals surface area contributed by atoms with E-state index in [1.54, 1.807) is 24.3 Å². The molecular weight excluding hydrogens is 227 g/mol. The first kappa shape index (κ1) is 13.4. The number of carboxylic acid groups (broad SMARTS) is 1. The van der Waals surface area contributed by atoms with Crippen molar-refractivity contribution in [3.8, 4) is 5.75 Å². The van der Waals surface area contributed by atoms with Crippen molar-refractivity contribution < 1.29 is 24.1 Å². The molecule has 0 radical (unpaired) electrons. The largest absolute Gasteiger partial charge is 0.496 e. The van der Waals surface area contributed by atoms with Gasteiger partial charge in [-0.3, -0.25) is 0 Å². The minimum absolute atomic E-state index is 0.134. The summed E-state index contributed by atoms with van der Waals surface area (Å²) in [5.41, 5.74) is -1.41. The maximum atomic E-state index is 13.3. The van der Waals surface area contributed by atoms with E-state index in [4.69, 9.17) is 9.84 Å². The van der Waals surface area contributed by atoms with Gasteiger partial charge in [0, 0.05) is 6.42 Å². The Morgan fingerprint density at radius 3 is 2.65 bits per heavy atom. The lowest BCUT2D eigenvalue weighted by Crippen LogP contribution is -2.43. The maximum absolute atomic E-state index is 13.3. The molecule has 0 saturated heterocycles. The number of aliphatic carboxylic acids is 1. The van der Waals surface area contributed by atoms with E-state index < -0.39 is 17.7 Å². The van der Waals surface area contributed by atoms with Gasteiger partial charge in [0.25, 0.3) is 0 Å². The molecule has 0 aromatic heterocycles. The zero-order valence-corrected chi connectivity index (χ0v) is 9.68. The molecule has 0 amide bonds. The van der Waals surface area contributed by atoms with Crippen molar-refractivity contribution in [1.82, 2.24) is 0 Å². The van der Waals surface area contributed by atoms with E-state index in [-0.39, 0.29) is 6.42 Å². The number of carbonyl (C=O) groups is 1. The lowest BCUT2D eigenvalue weighted by Gasteiger charge is -2.25. The number of methoxy groups -OCH3 is 1. The minimum atomic E-state index is -2.34. The summed E-state index contributed by atoms with van der Waals surface area (Å²) in [6, 6.07) is 6.77. The molecule has 2 unspecified atom stereocenters. The van der Waals surface area contributed by atoms with Gasteiger partial charge in [-0.2, -0.15) is 0 Å². The number of carboxylic acids is 1. The van der Waals surface area contributed by atoms with Gasteiger partial charge in [0.15, 0.2) is 0 Å². The number of hydrogen-bond acceptors (Lipinski definition) is 3. The normalized spacial score (nSPS) is 16.0. The molecule has 0 aliphatic rings. The zero-order valence-electron chi connectivity index (χ0n) is 9.68. The number of aliphatic hydroxyl groups is 1. The molecule has 0 fully saturated rings. The molecule has 0 aliphatic heterocycles. The second kappa shape index (κ2) is 5.14. The van der Waals surface area contributed by atoms with Gasteiger partial charge in [-0.1, -0.05) is 18.2 Å². The number of rotatable bonds is 5. The van der Waals surface area contributed by atoms with Crippen LogP contribution < -0.4 is 4.74 Å². The predicted molar refractivity (Wildman–Crippen MR) is 59.9 cm³/mol. The van der Waals surface area contributed by atoms with Crippen LogP contribution in [0.1, 0.15) is 12.5 Å². The van der Waals surface area contributed by atoms with Crippen LogP contribution >= 0.6 is 0 Å². The zero-order chi connectivity index (χ0) is 13.1. The van der Waals surface area contributed by atoms with Crippen LogP contribution in [-0.4, -0.2) is 35.1 Å². The number of para-hydroxylation sites is 1. The molecule has 1 aromatic rings. The van der Waals surface area contributed by atoms with E-state index in [0.717, 1.165) is 6.92 Å². The Bertz CT molecular complexity index is 403. The Morgan fingerprint density at radius 1 is 1.53 bits per heavy atom. The van der Waals surface area contributed by atoms with Crippen molar-refractivity contribution in [2.45, 2.75) is 25.1 Å². The fraction of sp³-hybridized carbons (Fsp3) is 0.417. The van der Waals surface area contributed by atoms with Crippen LogP contribution in [0.3, 0.4) is 0 Å². The summed E-state index contributed by atoms with van der Waals surface area (Å²) in [6.45, 7) is 1.15. The third-order valence-corrected chi connectivity index (χ3v) is 2.50. The summed E-state index contributed by atoms with van der Waals surface area (Å²) >= 11 is 0. The highest BCUT2D eigenvalue weighted by Crippen LogP contribution is 2.26. The summed E-state index contributed by atoms with van der Waals surface area (Å²) in [7, 11) is 1.46. The molecule has 2 atom stereocenters. The van der Waals surface area contributed by atoms with Crippen molar-refractivity contribution in [1.29, 1.82) is 0 Å². The molecular formula is C12H15FO4. The standard InChI is InChI=1S/C12H15FO4/c1-12(16,10(13)11(14)15)7-8-5-3-4-6-9(8)17-2/h3-6,10,16H,7H2,1-2H3,(H,14,15). The van der Waals surface area contributed by atoms with Crippen molar-refractivity contribution in [2.75, 3.05) is 7.11 Å². The van der Waals surface area contributed by atoms with Crippen molar-refractivity contribution >= 4 is 5.97 Å². The number of hydrogen-bond donors (Lipinski definition) is 2. The van der Waals surface area contributed by atoms with Gasteiger partial charge in [0.1, 0.15) is 11.4 Å². The Labute approximate surface area is 98.7 Å². The molecule has 0 aliphatic carbocycles. The molecule has 0 bridgehead atoms. The molecule has 0 heterocycles. The molecule has 1 aromatic carbocycles. The number of alkyl halides is 1. The summed E-state index contributed by atoms with van der Waals surface area (Å²) in [5.74, 6) is -1.18. The monoisotopic (exact) mass is 242 g/mol. The van der Waals surface area contributed by atoms with Crippen LogP contribution in [0.2, 0.25) is 0 Å². The Hall–Kier alpha value is -1.62. The van der Waals surface area contributed by atoms with Gasteiger partial charge in [0.05, 0.1) is 7.11 Å². The maximum Gasteiger partial charge on any atom is 0.341 e. The highest BCUT2D eigenvalue weighted by Gasteiger charge is 2.38. The SMILES string of the molecule is COc1ccccc1CC(C)(O)C(F)C(=O)O. The van der Waals surface area contributed by atoms with Gasteiger partial charge in [-0.05, 0) is 18.6 Å². The van der Waals surface area contributed by atoms with Crippen molar-refractivity contribution in [3.05, 3.63) is 29.8 Å². The highest BCUT2D eigenvalue weighted by atomic mass is 19.1. The fourth-order valence-electron chi connectivity index (χ4n) is 1.59. The fourth-order valence-corrected chi connectivity index (χ4v) is 1.59. The first-order valence-corrected chi connectivity index (χ1v) is 5.09. The summed E-state index contributed by atoms with van der Waals surface area (Å²) < 4.78 is 18.4. The van der Waals surface area contributed by atoms with Crippen LogP contribution in [0, 0.1) is 0 Å². The molecule has 4 nitrogen and oxygen atoms in total. The highest BCUT2D eigenvalue weighted by molar-refractivity contribution is 5.73. The smallest absolute Gasteiger partial charge is 0.341 e. The van der Waals surface area contributed by atoms with Gasteiger partial charge < -0.3 is 14.9 Å². The molecule has 94 valence electrons. The van der Waals surface area contributed by atoms with Crippen LogP contribution in [0.4, 0.5) is 4.39 Å². The molecule has 5 heteroatoms. The van der Waals surface area contributed by atoms with E-state index in [2.05, 4.69) is 0 Å². The van der Waals surface area contributed by atoms with Crippen LogP contribution in [0.15, 0.2) is 24.3 Å². The quantitative estimate of drug-likeness (QED) is 0.819. The molecule has 2 N–H and O–H groups in total. The van der Waals surface area contributed by atoms with Gasteiger partial charge in [0.2, 0.25) is 6.17 Å². The third kappa shape index (κ3) is 3.17. The summed E-state index contributed by atoms with van der Waals surface area (Å²) in [4.78, 5) is 10.5. The summed E-state index contributed by atoms with van der Waals surface area (Å²) in [6.07, 6.45) is -2.47. The number of benzene rings is 1. The first-order valence-electron chi connectivity index (χ1n) is 5.09. The van der Waals surface area contributed by atoms with E-state index in [1.807, 2.05) is 0 Å². The second-order valence-electron chi connectivity index (χ2n) is 4.05. The Kier molecular flexibility index (Phi) is 4.07. The summed E-state index contributed by atoms with van der Waals surface area (Å²) in [5, 5.41) is 18.4. The van der Waals surface area contributed by atoms with Gasteiger partial charge >= 0.3 is 5.97 Å². The molecule has 0 spiro atoms. The Balaban J connectivity index is 2.93. The van der Waals surface area contributed by atoms with E-state index in [9.17, 15) is 14.3 Å². The van der Waals surface area contributed by atoms with Gasteiger partial charge in [-0.15, -0.1) is 0 Å². The van der Waals surface area contributed by atoms with E-state index in [0.29, 0.717) is 11.3 Å². The Morgan fingerprint density at radius 2 is 2.12 bits per heavy atom. The number of ether oxygens (including phenoxy) is 1. The molecule has 17 heavy (non-hydrogen) atoms. The van der Waals surface area contributed by atoms with E-state index >= 15 is 0 Å². The first-order chi connectivity index (χ1) is 7.88. The molecule has 1 rings (SSSR count). The predicted octanol–water partition coefficient (Wildman–Crippen LogP) is 1.41. The van der Waals surface area contributed by atoms with Crippen LogP contribution in [0.25, 0.3) is 0 Å². The average Bonchev–Trinajstić information content (AvgIpc) is 2.28. The second-order valence-corrected chi connectivity index (χ2v) is 4.05.